The number of benzene rings is 1. The summed E-state index contributed by atoms with van der Waals surface area (Å²) in [5.74, 6) is 0.349. The second kappa shape index (κ2) is 6.32. The number of β-amino-alcohol motifs (C(OH)–C–C–N with tert-alkyl or cyclic N) is 2. The lowest BCUT2D eigenvalue weighted by atomic mass is 9.87. The molecule has 0 saturated carbocycles. The third-order valence-electron chi connectivity index (χ3n) is 3.80. The first-order valence-corrected chi connectivity index (χ1v) is 6.76. The van der Waals surface area contributed by atoms with Crippen LogP contribution < -0.4 is 0 Å². The molecule has 0 aliphatic carbocycles. The summed E-state index contributed by atoms with van der Waals surface area (Å²) in [4.78, 5) is 2.14. The monoisotopic (exact) mass is 249 g/mol. The van der Waals surface area contributed by atoms with Crippen molar-refractivity contribution in [2.24, 2.45) is 5.92 Å². The van der Waals surface area contributed by atoms with Crippen molar-refractivity contribution in [3.8, 4) is 0 Å². The predicted molar refractivity (Wildman–Crippen MR) is 72.5 cm³/mol. The van der Waals surface area contributed by atoms with E-state index in [2.05, 4.69) is 36.1 Å². The summed E-state index contributed by atoms with van der Waals surface area (Å²) in [6.45, 7) is 4.62. The minimum Gasteiger partial charge on any atom is -0.395 e. The lowest BCUT2D eigenvalue weighted by molar-refractivity contribution is 0.0162. The van der Waals surface area contributed by atoms with Gasteiger partial charge in [-0.1, -0.05) is 29.8 Å². The van der Waals surface area contributed by atoms with Crippen LogP contribution in [0.1, 0.15) is 17.5 Å². The number of aryl methyl sites for hydroxylation is 1. The van der Waals surface area contributed by atoms with Gasteiger partial charge in [-0.05, 0) is 37.8 Å². The van der Waals surface area contributed by atoms with Gasteiger partial charge in [0.1, 0.15) is 0 Å². The van der Waals surface area contributed by atoms with Gasteiger partial charge >= 0.3 is 0 Å². The molecule has 1 aliphatic rings. The van der Waals surface area contributed by atoms with Crippen LogP contribution in [0.4, 0.5) is 0 Å². The Balaban J connectivity index is 1.91. The summed E-state index contributed by atoms with van der Waals surface area (Å²) >= 11 is 0. The number of aliphatic hydroxyl groups excluding tert-OH is 2. The molecule has 0 radical (unpaired) electrons. The van der Waals surface area contributed by atoms with Gasteiger partial charge in [0.05, 0.1) is 12.7 Å². The fourth-order valence-corrected chi connectivity index (χ4v) is 2.77. The van der Waals surface area contributed by atoms with Crippen LogP contribution in [0.3, 0.4) is 0 Å². The molecular weight excluding hydrogens is 226 g/mol. The molecule has 1 aromatic carbocycles. The molecule has 1 fully saturated rings. The van der Waals surface area contributed by atoms with Gasteiger partial charge in [-0.25, -0.2) is 0 Å². The fourth-order valence-electron chi connectivity index (χ4n) is 2.77. The van der Waals surface area contributed by atoms with Gasteiger partial charge in [0, 0.05) is 13.1 Å². The number of hydrogen-bond donors (Lipinski definition) is 2. The molecule has 1 heterocycles. The Morgan fingerprint density at radius 1 is 1.39 bits per heavy atom. The first kappa shape index (κ1) is 13.5. The maximum atomic E-state index is 10.2. The molecule has 2 atom stereocenters. The van der Waals surface area contributed by atoms with Crippen LogP contribution in [0, 0.1) is 12.8 Å². The quantitative estimate of drug-likeness (QED) is 0.843. The van der Waals surface area contributed by atoms with Crippen LogP contribution in [0.15, 0.2) is 24.3 Å². The molecular formula is C15H23NO2. The van der Waals surface area contributed by atoms with E-state index in [1.807, 2.05) is 0 Å². The van der Waals surface area contributed by atoms with Crippen molar-refractivity contribution in [2.45, 2.75) is 25.9 Å². The van der Waals surface area contributed by atoms with Crippen LogP contribution in [0.25, 0.3) is 0 Å². The lowest BCUT2D eigenvalue weighted by Gasteiger charge is -2.35. The summed E-state index contributed by atoms with van der Waals surface area (Å²) < 4.78 is 0. The average Bonchev–Trinajstić information content (AvgIpc) is 2.33. The Labute approximate surface area is 109 Å². The average molecular weight is 249 g/mol. The zero-order valence-corrected chi connectivity index (χ0v) is 11.0. The standard InChI is InChI=1S/C15H23NO2/c1-12-3-2-4-13(9-12)10-14-5-6-16(7-8-17)11-15(14)18/h2-4,9,14-15,17-18H,5-8,10-11H2,1H3/t14-,15+/m1/s1. The maximum absolute atomic E-state index is 10.2. The highest BCUT2D eigenvalue weighted by atomic mass is 16.3. The highest BCUT2D eigenvalue weighted by molar-refractivity contribution is 5.22. The largest absolute Gasteiger partial charge is 0.395 e. The highest BCUT2D eigenvalue weighted by Gasteiger charge is 2.27. The Morgan fingerprint density at radius 3 is 2.89 bits per heavy atom. The highest BCUT2D eigenvalue weighted by Crippen LogP contribution is 2.22. The topological polar surface area (TPSA) is 43.7 Å². The Hall–Kier alpha value is -0.900. The first-order chi connectivity index (χ1) is 8.69. The van der Waals surface area contributed by atoms with Crippen molar-refractivity contribution >= 4 is 0 Å². The van der Waals surface area contributed by atoms with Gasteiger partial charge in [0.2, 0.25) is 0 Å². The van der Waals surface area contributed by atoms with Crippen molar-refractivity contribution < 1.29 is 10.2 Å². The van der Waals surface area contributed by atoms with Gasteiger partial charge in [0.25, 0.3) is 0 Å². The number of nitrogens with zero attached hydrogens (tertiary/aromatic N) is 1. The van der Waals surface area contributed by atoms with Gasteiger partial charge in [-0.15, -0.1) is 0 Å². The van der Waals surface area contributed by atoms with Gasteiger partial charge in [0.15, 0.2) is 0 Å². The fraction of sp³-hybridized carbons (Fsp3) is 0.600. The molecule has 2 N–H and O–H groups in total. The molecule has 0 unspecified atom stereocenters. The van der Waals surface area contributed by atoms with E-state index in [4.69, 9.17) is 5.11 Å². The smallest absolute Gasteiger partial charge is 0.0698 e. The number of aliphatic hydroxyl groups is 2. The SMILES string of the molecule is Cc1cccc(C[C@H]2CCN(CCO)C[C@@H]2O)c1. The second-order valence-corrected chi connectivity index (χ2v) is 5.33. The molecule has 100 valence electrons. The van der Waals surface area contributed by atoms with Gasteiger partial charge < -0.3 is 10.2 Å². The van der Waals surface area contributed by atoms with E-state index in [9.17, 15) is 5.11 Å². The summed E-state index contributed by atoms with van der Waals surface area (Å²) in [7, 11) is 0. The van der Waals surface area contributed by atoms with Crippen molar-refractivity contribution in [3.05, 3.63) is 35.4 Å². The molecule has 0 amide bonds. The van der Waals surface area contributed by atoms with Crippen LogP contribution >= 0.6 is 0 Å². The van der Waals surface area contributed by atoms with Crippen molar-refractivity contribution in [3.63, 3.8) is 0 Å². The maximum Gasteiger partial charge on any atom is 0.0698 e. The zero-order chi connectivity index (χ0) is 13.0. The molecule has 18 heavy (non-hydrogen) atoms. The van der Waals surface area contributed by atoms with Crippen molar-refractivity contribution in [2.75, 3.05) is 26.2 Å². The third kappa shape index (κ3) is 3.55. The minimum atomic E-state index is -0.272. The lowest BCUT2D eigenvalue weighted by Crippen LogP contribution is -2.45. The van der Waals surface area contributed by atoms with E-state index in [1.54, 1.807) is 0 Å². The summed E-state index contributed by atoms with van der Waals surface area (Å²) in [6.07, 6.45) is 1.69. The Bertz CT molecular complexity index is 381. The van der Waals surface area contributed by atoms with Crippen molar-refractivity contribution in [1.82, 2.24) is 4.90 Å². The number of rotatable bonds is 4. The van der Waals surface area contributed by atoms with E-state index >= 15 is 0 Å². The van der Waals surface area contributed by atoms with E-state index in [1.165, 1.54) is 11.1 Å². The molecule has 1 saturated heterocycles. The number of piperidine rings is 1. The minimum absolute atomic E-state index is 0.176. The molecule has 3 nitrogen and oxygen atoms in total. The molecule has 1 aliphatic heterocycles. The van der Waals surface area contributed by atoms with Crippen LogP contribution in [0.5, 0.6) is 0 Å². The van der Waals surface area contributed by atoms with E-state index in [0.717, 1.165) is 19.4 Å². The van der Waals surface area contributed by atoms with Gasteiger partial charge in [-0.3, -0.25) is 4.90 Å². The zero-order valence-electron chi connectivity index (χ0n) is 11.0. The third-order valence-corrected chi connectivity index (χ3v) is 3.80. The predicted octanol–water partition coefficient (Wildman–Crippen LogP) is 1.21. The van der Waals surface area contributed by atoms with E-state index < -0.39 is 0 Å². The first-order valence-electron chi connectivity index (χ1n) is 6.76. The molecule has 2 rings (SSSR count). The van der Waals surface area contributed by atoms with E-state index in [-0.39, 0.29) is 12.7 Å². The molecule has 0 bridgehead atoms. The second-order valence-electron chi connectivity index (χ2n) is 5.33. The Kier molecular flexibility index (Phi) is 4.75. The van der Waals surface area contributed by atoms with Gasteiger partial charge in [-0.2, -0.15) is 0 Å². The van der Waals surface area contributed by atoms with Crippen LogP contribution in [-0.2, 0) is 6.42 Å². The van der Waals surface area contributed by atoms with Crippen LogP contribution in [0.2, 0.25) is 0 Å². The molecule has 3 heteroatoms. The van der Waals surface area contributed by atoms with E-state index in [0.29, 0.717) is 19.0 Å². The summed E-state index contributed by atoms with van der Waals surface area (Å²) in [6, 6.07) is 8.52. The normalized spacial score (nSPS) is 25.3. The van der Waals surface area contributed by atoms with Crippen molar-refractivity contribution in [1.29, 1.82) is 0 Å². The number of likely N-dealkylation sites (tertiary alicyclic amines) is 1. The summed E-state index contributed by atoms with van der Waals surface area (Å²) in [5, 5.41) is 19.1. The summed E-state index contributed by atoms with van der Waals surface area (Å²) in [5.41, 5.74) is 2.59. The van der Waals surface area contributed by atoms with Crippen LogP contribution in [-0.4, -0.2) is 47.5 Å². The Morgan fingerprint density at radius 2 is 2.22 bits per heavy atom. The number of hydrogen-bond acceptors (Lipinski definition) is 3. The molecule has 0 aromatic heterocycles. The molecule has 0 spiro atoms. The molecule has 1 aromatic rings.